The molecule has 178 valence electrons. The predicted octanol–water partition coefficient (Wildman–Crippen LogP) is 3.28. The molecule has 1 unspecified atom stereocenters. The zero-order valence-corrected chi connectivity index (χ0v) is 20.0. The zero-order chi connectivity index (χ0) is 24.0. The Balaban J connectivity index is 1.61. The van der Waals surface area contributed by atoms with Crippen LogP contribution in [-0.2, 0) is 27.3 Å². The normalized spacial score (nSPS) is 14.1. The van der Waals surface area contributed by atoms with Gasteiger partial charge in [0.15, 0.2) is 0 Å². The third-order valence-electron chi connectivity index (χ3n) is 5.10. The fourth-order valence-corrected chi connectivity index (χ4v) is 4.57. The first-order valence-corrected chi connectivity index (χ1v) is 12.0. The monoisotopic (exact) mass is 473 g/mol. The van der Waals surface area contributed by atoms with Gasteiger partial charge < -0.3 is 25.0 Å². The molecule has 0 spiro atoms. The summed E-state index contributed by atoms with van der Waals surface area (Å²) in [5.41, 5.74) is 4.95. The Labute approximate surface area is 198 Å². The maximum atomic E-state index is 12.6. The number of aliphatic hydroxyl groups is 2. The highest BCUT2D eigenvalue weighted by molar-refractivity contribution is 7.99. The summed E-state index contributed by atoms with van der Waals surface area (Å²) in [7, 11) is 0. The van der Waals surface area contributed by atoms with Gasteiger partial charge in [-0.05, 0) is 55.0 Å². The fraction of sp³-hybridized carbons (Fsp3) is 0.440. The number of carbonyl (C=O) groups is 2. The van der Waals surface area contributed by atoms with Crippen molar-refractivity contribution in [3.05, 3.63) is 59.2 Å². The zero-order valence-electron chi connectivity index (χ0n) is 19.2. The van der Waals surface area contributed by atoms with Crippen LogP contribution in [0, 0.1) is 0 Å². The molecule has 0 saturated heterocycles. The van der Waals surface area contributed by atoms with Gasteiger partial charge in [-0.3, -0.25) is 0 Å². The molecule has 2 atom stereocenters. The summed E-state index contributed by atoms with van der Waals surface area (Å²) in [6.45, 7) is 4.95. The molecule has 3 N–H and O–H groups in total. The number of esters is 1. The van der Waals surface area contributed by atoms with E-state index in [1.165, 1.54) is 22.9 Å². The molecule has 2 aromatic rings. The smallest absolute Gasteiger partial charge is 0.408 e. The lowest BCUT2D eigenvalue weighted by atomic mass is 10.0. The molecular formula is C25H31NO6S. The largest absolute Gasteiger partial charge is 0.458 e. The van der Waals surface area contributed by atoms with Gasteiger partial charge in [0.1, 0.15) is 18.2 Å². The number of amides is 1. The molecule has 1 aliphatic rings. The van der Waals surface area contributed by atoms with E-state index in [9.17, 15) is 14.7 Å². The number of thioether (sulfide) groups is 1. The summed E-state index contributed by atoms with van der Waals surface area (Å²) in [4.78, 5) is 25.1. The molecule has 33 heavy (non-hydrogen) atoms. The van der Waals surface area contributed by atoms with Gasteiger partial charge in [-0.2, -0.15) is 11.8 Å². The first kappa shape index (κ1) is 25.1. The molecule has 7 nitrogen and oxygen atoms in total. The summed E-state index contributed by atoms with van der Waals surface area (Å²) in [5.74, 6) is -0.179. The minimum absolute atomic E-state index is 0.0837. The first-order chi connectivity index (χ1) is 15.7. The van der Waals surface area contributed by atoms with Crippen LogP contribution in [0.5, 0.6) is 0 Å². The maximum absolute atomic E-state index is 12.6. The van der Waals surface area contributed by atoms with Crippen LogP contribution >= 0.6 is 11.8 Å². The standard InChI is InChI=1S/C25H31NO6S/c1-25(2,3)32-23(29)22(15-33-14-18(28)12-27)26-24(30)31-13-17-8-6-10-20-19-9-5-4-7-16(19)11-21(17)20/h4-10,18,22,27-28H,11-15H2,1-3H3,(H,26,30)/t18?,22-/m0/s1. The van der Waals surface area contributed by atoms with Crippen LogP contribution in [0.2, 0.25) is 0 Å². The van der Waals surface area contributed by atoms with Gasteiger partial charge in [0, 0.05) is 11.5 Å². The van der Waals surface area contributed by atoms with Gasteiger partial charge in [-0.15, -0.1) is 0 Å². The second-order valence-corrected chi connectivity index (χ2v) is 10.0. The molecule has 0 bridgehead atoms. The Hall–Kier alpha value is -2.55. The van der Waals surface area contributed by atoms with Crippen LogP contribution < -0.4 is 5.32 Å². The van der Waals surface area contributed by atoms with Crippen molar-refractivity contribution in [2.24, 2.45) is 0 Å². The summed E-state index contributed by atoms with van der Waals surface area (Å²) >= 11 is 1.23. The Bertz CT molecular complexity index is 987. The number of carbonyl (C=O) groups excluding carboxylic acids is 2. The van der Waals surface area contributed by atoms with Crippen LogP contribution in [0.4, 0.5) is 4.79 Å². The molecule has 1 amide bonds. The second-order valence-electron chi connectivity index (χ2n) is 8.96. The van der Waals surface area contributed by atoms with Crippen molar-refractivity contribution >= 4 is 23.8 Å². The van der Waals surface area contributed by atoms with Gasteiger partial charge in [0.2, 0.25) is 0 Å². The highest BCUT2D eigenvalue weighted by atomic mass is 32.2. The van der Waals surface area contributed by atoms with E-state index in [1.54, 1.807) is 20.8 Å². The van der Waals surface area contributed by atoms with Gasteiger partial charge >= 0.3 is 12.1 Å². The summed E-state index contributed by atoms with van der Waals surface area (Å²) in [5, 5.41) is 21.1. The molecule has 0 radical (unpaired) electrons. The minimum atomic E-state index is -0.946. The van der Waals surface area contributed by atoms with Crippen LogP contribution in [0.25, 0.3) is 11.1 Å². The number of rotatable bonds is 9. The van der Waals surface area contributed by atoms with Crippen molar-refractivity contribution in [1.29, 1.82) is 0 Å². The fourth-order valence-electron chi connectivity index (χ4n) is 3.60. The third-order valence-corrected chi connectivity index (χ3v) is 6.28. The lowest BCUT2D eigenvalue weighted by Crippen LogP contribution is -2.46. The number of aliphatic hydroxyl groups excluding tert-OH is 2. The summed E-state index contributed by atoms with van der Waals surface area (Å²) < 4.78 is 10.9. The van der Waals surface area contributed by atoms with Crippen molar-refractivity contribution in [1.82, 2.24) is 5.32 Å². The first-order valence-electron chi connectivity index (χ1n) is 10.9. The van der Waals surface area contributed by atoms with Crippen molar-refractivity contribution < 1.29 is 29.3 Å². The maximum Gasteiger partial charge on any atom is 0.408 e. The van der Waals surface area contributed by atoms with Crippen molar-refractivity contribution in [3.63, 3.8) is 0 Å². The van der Waals surface area contributed by atoms with Crippen molar-refractivity contribution in [2.75, 3.05) is 18.1 Å². The Morgan fingerprint density at radius 3 is 2.55 bits per heavy atom. The molecule has 0 aromatic heterocycles. The topological polar surface area (TPSA) is 105 Å². The third kappa shape index (κ3) is 6.96. The quantitative estimate of drug-likeness (QED) is 0.410. The Kier molecular flexibility index (Phi) is 8.40. The molecule has 3 rings (SSSR count). The van der Waals surface area contributed by atoms with E-state index in [2.05, 4.69) is 23.5 Å². The lowest BCUT2D eigenvalue weighted by Gasteiger charge is -2.24. The molecule has 0 aliphatic heterocycles. The number of hydrogen-bond donors (Lipinski definition) is 3. The van der Waals surface area contributed by atoms with E-state index in [0.717, 1.165) is 23.1 Å². The molecule has 8 heteroatoms. The molecule has 0 saturated carbocycles. The van der Waals surface area contributed by atoms with Gasteiger partial charge in [0.25, 0.3) is 0 Å². The molecule has 0 heterocycles. The predicted molar refractivity (Wildman–Crippen MR) is 128 cm³/mol. The second kappa shape index (κ2) is 11.0. The summed E-state index contributed by atoms with van der Waals surface area (Å²) in [6, 6.07) is 13.2. The van der Waals surface area contributed by atoms with E-state index in [-0.39, 0.29) is 24.7 Å². The SMILES string of the molecule is CC(C)(C)OC(=O)[C@H](CSCC(O)CO)NC(=O)OCc1cccc2c1Cc1ccccc1-2. The number of hydrogen-bond acceptors (Lipinski definition) is 7. The van der Waals surface area contributed by atoms with Gasteiger partial charge in [-0.25, -0.2) is 9.59 Å². The number of benzene rings is 2. The van der Waals surface area contributed by atoms with Crippen LogP contribution in [-0.4, -0.2) is 58.1 Å². The number of ether oxygens (including phenoxy) is 2. The molecule has 0 fully saturated rings. The van der Waals surface area contributed by atoms with E-state index >= 15 is 0 Å². The highest BCUT2D eigenvalue weighted by Gasteiger charge is 2.28. The number of nitrogens with one attached hydrogen (secondary N) is 1. The van der Waals surface area contributed by atoms with Crippen LogP contribution in [0.15, 0.2) is 42.5 Å². The molecule has 1 aliphatic carbocycles. The van der Waals surface area contributed by atoms with Gasteiger partial charge in [-0.1, -0.05) is 42.5 Å². The Morgan fingerprint density at radius 2 is 1.82 bits per heavy atom. The molecule has 2 aromatic carbocycles. The lowest BCUT2D eigenvalue weighted by molar-refractivity contribution is -0.156. The number of fused-ring (bicyclic) bond motifs is 3. The van der Waals surface area contributed by atoms with E-state index in [4.69, 9.17) is 14.6 Å². The van der Waals surface area contributed by atoms with E-state index in [0.29, 0.717) is 0 Å². The molecular weight excluding hydrogens is 442 g/mol. The van der Waals surface area contributed by atoms with Crippen molar-refractivity contribution in [3.8, 4) is 11.1 Å². The number of alkyl carbamates (subject to hydrolysis) is 1. The van der Waals surface area contributed by atoms with Gasteiger partial charge in [0.05, 0.1) is 12.7 Å². The van der Waals surface area contributed by atoms with Crippen LogP contribution in [0.1, 0.15) is 37.5 Å². The Morgan fingerprint density at radius 1 is 1.09 bits per heavy atom. The highest BCUT2D eigenvalue weighted by Crippen LogP contribution is 2.38. The van der Waals surface area contributed by atoms with Crippen molar-refractivity contribution in [2.45, 2.75) is 51.5 Å². The average Bonchev–Trinajstić information content (AvgIpc) is 3.15. The average molecular weight is 474 g/mol. The van der Waals surface area contributed by atoms with E-state index in [1.807, 2.05) is 24.3 Å². The summed E-state index contributed by atoms with van der Waals surface area (Å²) in [6.07, 6.45) is -0.829. The minimum Gasteiger partial charge on any atom is -0.458 e. The van der Waals surface area contributed by atoms with Crippen LogP contribution in [0.3, 0.4) is 0 Å². The van der Waals surface area contributed by atoms with E-state index < -0.39 is 29.8 Å².